The molecule has 0 heterocycles. The average molecular weight is 326 g/mol. The zero-order valence-corrected chi connectivity index (χ0v) is 13.6. The van der Waals surface area contributed by atoms with Crippen molar-refractivity contribution in [2.75, 3.05) is 6.54 Å². The first-order chi connectivity index (χ1) is 10.0. The van der Waals surface area contributed by atoms with Gasteiger partial charge in [0.05, 0.1) is 0 Å². The molecule has 2 aromatic carbocycles. The molecule has 0 fully saturated rings. The van der Waals surface area contributed by atoms with Crippen LogP contribution >= 0.6 is 23.2 Å². The van der Waals surface area contributed by atoms with Crippen LogP contribution in [0, 0.1) is 12.7 Å². The van der Waals surface area contributed by atoms with Gasteiger partial charge in [0.2, 0.25) is 0 Å². The quantitative estimate of drug-likeness (QED) is 0.782. The summed E-state index contributed by atoms with van der Waals surface area (Å²) in [5.41, 5.74) is 2.59. The van der Waals surface area contributed by atoms with Gasteiger partial charge in [-0.2, -0.15) is 0 Å². The fourth-order valence-corrected chi connectivity index (χ4v) is 2.85. The summed E-state index contributed by atoms with van der Waals surface area (Å²) in [5, 5.41) is 4.63. The highest BCUT2D eigenvalue weighted by Gasteiger charge is 2.17. The Labute approximate surface area is 135 Å². The molecule has 0 radical (unpaired) electrons. The molecule has 1 nitrogen and oxygen atoms in total. The Morgan fingerprint density at radius 1 is 1.19 bits per heavy atom. The van der Waals surface area contributed by atoms with Crippen molar-refractivity contribution < 1.29 is 4.39 Å². The number of likely N-dealkylation sites (N-methyl/N-ethyl adjacent to an activating group) is 1. The molecule has 112 valence electrons. The Hall–Kier alpha value is -1.09. The van der Waals surface area contributed by atoms with Crippen molar-refractivity contribution >= 4 is 23.2 Å². The van der Waals surface area contributed by atoms with Gasteiger partial charge in [0.15, 0.2) is 0 Å². The van der Waals surface area contributed by atoms with Crippen molar-refractivity contribution in [2.45, 2.75) is 26.3 Å². The molecule has 0 saturated heterocycles. The van der Waals surface area contributed by atoms with Crippen LogP contribution in [-0.4, -0.2) is 6.54 Å². The largest absolute Gasteiger partial charge is 0.310 e. The molecule has 0 bridgehead atoms. The summed E-state index contributed by atoms with van der Waals surface area (Å²) in [6, 6.07) is 10.5. The highest BCUT2D eigenvalue weighted by atomic mass is 35.5. The average Bonchev–Trinajstić information content (AvgIpc) is 2.45. The van der Waals surface area contributed by atoms with Gasteiger partial charge in [-0.25, -0.2) is 4.39 Å². The smallest absolute Gasteiger partial charge is 0.126 e. The van der Waals surface area contributed by atoms with Crippen molar-refractivity contribution in [1.82, 2.24) is 5.32 Å². The third-order valence-electron chi connectivity index (χ3n) is 3.48. The third kappa shape index (κ3) is 3.97. The van der Waals surface area contributed by atoms with E-state index in [-0.39, 0.29) is 11.9 Å². The van der Waals surface area contributed by atoms with Gasteiger partial charge in [0.25, 0.3) is 0 Å². The van der Waals surface area contributed by atoms with Crippen LogP contribution < -0.4 is 5.32 Å². The summed E-state index contributed by atoms with van der Waals surface area (Å²) >= 11 is 12.4. The van der Waals surface area contributed by atoms with Gasteiger partial charge in [-0.15, -0.1) is 0 Å². The van der Waals surface area contributed by atoms with Gasteiger partial charge in [-0.3, -0.25) is 0 Å². The number of aryl methyl sites for hydroxylation is 1. The number of hydrogen-bond donors (Lipinski definition) is 1. The monoisotopic (exact) mass is 325 g/mol. The first-order valence-corrected chi connectivity index (χ1v) is 7.70. The number of nitrogens with one attached hydrogen (secondary N) is 1. The van der Waals surface area contributed by atoms with E-state index < -0.39 is 0 Å². The number of benzene rings is 2. The van der Waals surface area contributed by atoms with E-state index in [2.05, 4.69) is 5.32 Å². The molecule has 0 aliphatic heterocycles. The molecule has 0 saturated carbocycles. The summed E-state index contributed by atoms with van der Waals surface area (Å²) in [4.78, 5) is 0. The molecule has 0 spiro atoms. The fraction of sp³-hybridized carbons (Fsp3) is 0.294. The van der Waals surface area contributed by atoms with E-state index in [4.69, 9.17) is 23.2 Å². The first kappa shape index (κ1) is 16.3. The predicted octanol–water partition coefficient (Wildman–Crippen LogP) is 5.33. The highest BCUT2D eigenvalue weighted by Crippen LogP contribution is 2.29. The molecule has 2 rings (SSSR count). The lowest BCUT2D eigenvalue weighted by Crippen LogP contribution is -2.23. The molecule has 0 aromatic heterocycles. The van der Waals surface area contributed by atoms with Gasteiger partial charge in [-0.05, 0) is 54.8 Å². The lowest BCUT2D eigenvalue weighted by molar-refractivity contribution is 0.528. The van der Waals surface area contributed by atoms with Gasteiger partial charge in [0, 0.05) is 16.1 Å². The molecular formula is C17H18Cl2FN. The maximum absolute atomic E-state index is 13.9. The summed E-state index contributed by atoms with van der Waals surface area (Å²) in [7, 11) is 0. The normalized spacial score (nSPS) is 12.4. The summed E-state index contributed by atoms with van der Waals surface area (Å²) in [6.07, 6.45) is 0.503. The lowest BCUT2D eigenvalue weighted by atomic mass is 9.97. The van der Waals surface area contributed by atoms with E-state index in [9.17, 15) is 4.39 Å². The number of rotatable bonds is 5. The van der Waals surface area contributed by atoms with Crippen LogP contribution in [0.5, 0.6) is 0 Å². The van der Waals surface area contributed by atoms with E-state index in [0.29, 0.717) is 17.0 Å². The molecule has 4 heteroatoms. The minimum Gasteiger partial charge on any atom is -0.310 e. The van der Waals surface area contributed by atoms with Gasteiger partial charge in [-0.1, -0.05) is 48.3 Å². The lowest BCUT2D eigenvalue weighted by Gasteiger charge is -2.21. The molecule has 0 aliphatic rings. The summed E-state index contributed by atoms with van der Waals surface area (Å²) in [6.45, 7) is 4.76. The van der Waals surface area contributed by atoms with Gasteiger partial charge in [0.1, 0.15) is 5.82 Å². The van der Waals surface area contributed by atoms with Crippen molar-refractivity contribution in [2.24, 2.45) is 0 Å². The van der Waals surface area contributed by atoms with E-state index >= 15 is 0 Å². The SMILES string of the molecule is CCNC(Cc1cc(Cl)ccc1F)c1cccc(C)c1Cl. The molecular weight excluding hydrogens is 308 g/mol. The summed E-state index contributed by atoms with van der Waals surface area (Å²) in [5.74, 6) is -0.244. The molecule has 1 unspecified atom stereocenters. The van der Waals surface area contributed by atoms with E-state index in [1.165, 1.54) is 6.07 Å². The van der Waals surface area contributed by atoms with Crippen LogP contribution in [0.2, 0.25) is 10.0 Å². The van der Waals surface area contributed by atoms with Crippen molar-refractivity contribution in [3.8, 4) is 0 Å². The summed E-state index contributed by atoms with van der Waals surface area (Å²) < 4.78 is 13.9. The molecule has 0 amide bonds. The number of halogens is 3. The van der Waals surface area contributed by atoms with Gasteiger partial charge < -0.3 is 5.32 Å². The number of hydrogen-bond acceptors (Lipinski definition) is 1. The van der Waals surface area contributed by atoms with E-state index in [1.54, 1.807) is 12.1 Å². The highest BCUT2D eigenvalue weighted by molar-refractivity contribution is 6.32. The van der Waals surface area contributed by atoms with Crippen LogP contribution in [0.3, 0.4) is 0 Å². The molecule has 1 atom stereocenters. The Morgan fingerprint density at radius 2 is 1.95 bits per heavy atom. The van der Waals surface area contributed by atoms with E-state index in [1.807, 2.05) is 32.0 Å². The Kier molecular flexibility index (Phi) is 5.63. The Balaban J connectivity index is 2.35. The fourth-order valence-electron chi connectivity index (χ4n) is 2.40. The van der Waals surface area contributed by atoms with E-state index in [0.717, 1.165) is 22.7 Å². The molecule has 0 aliphatic carbocycles. The standard InChI is InChI=1S/C17H18Cl2FN/c1-3-21-16(14-6-4-5-11(2)17(14)19)10-12-9-13(18)7-8-15(12)20/h4-9,16,21H,3,10H2,1-2H3. The van der Waals surface area contributed by atoms with Crippen LogP contribution in [0.1, 0.15) is 29.7 Å². The maximum atomic E-state index is 13.9. The zero-order chi connectivity index (χ0) is 15.4. The second-order valence-corrected chi connectivity index (χ2v) is 5.84. The molecule has 2 aromatic rings. The molecule has 1 N–H and O–H groups in total. The van der Waals surface area contributed by atoms with Crippen molar-refractivity contribution in [1.29, 1.82) is 0 Å². The third-order valence-corrected chi connectivity index (χ3v) is 4.23. The second kappa shape index (κ2) is 7.26. The van der Waals surface area contributed by atoms with Crippen LogP contribution in [0.4, 0.5) is 4.39 Å². The first-order valence-electron chi connectivity index (χ1n) is 6.95. The molecule has 21 heavy (non-hydrogen) atoms. The van der Waals surface area contributed by atoms with Crippen LogP contribution in [-0.2, 0) is 6.42 Å². The Bertz CT molecular complexity index is 628. The van der Waals surface area contributed by atoms with Crippen molar-refractivity contribution in [3.05, 3.63) is 69.0 Å². The topological polar surface area (TPSA) is 12.0 Å². The van der Waals surface area contributed by atoms with Crippen LogP contribution in [0.25, 0.3) is 0 Å². The predicted molar refractivity (Wildman–Crippen MR) is 87.7 cm³/mol. The maximum Gasteiger partial charge on any atom is 0.126 e. The van der Waals surface area contributed by atoms with Gasteiger partial charge >= 0.3 is 0 Å². The Morgan fingerprint density at radius 3 is 2.67 bits per heavy atom. The van der Waals surface area contributed by atoms with Crippen molar-refractivity contribution in [3.63, 3.8) is 0 Å². The second-order valence-electron chi connectivity index (χ2n) is 5.03. The minimum atomic E-state index is -0.244. The van der Waals surface area contributed by atoms with Crippen LogP contribution in [0.15, 0.2) is 36.4 Å². The minimum absolute atomic E-state index is 0.0460. The zero-order valence-electron chi connectivity index (χ0n) is 12.1.